The average Bonchev–Trinajstić information content (AvgIpc) is 3.11. The van der Waals surface area contributed by atoms with E-state index in [-0.39, 0.29) is 18.0 Å². The normalized spacial score (nSPS) is 20.4. The third-order valence-electron chi connectivity index (χ3n) is 4.33. The van der Waals surface area contributed by atoms with E-state index in [0.717, 1.165) is 24.1 Å². The number of anilines is 1. The van der Waals surface area contributed by atoms with Crippen LogP contribution in [0.15, 0.2) is 54.6 Å². The lowest BCUT2D eigenvalue weighted by molar-refractivity contribution is 0.00963. The summed E-state index contributed by atoms with van der Waals surface area (Å²) in [5, 5.41) is 15.3. The van der Waals surface area contributed by atoms with Crippen LogP contribution in [-0.4, -0.2) is 32.9 Å². The Kier molecular flexibility index (Phi) is 4.39. The standard InChI is InChI=1S/C18H18FN5O/c19-14-8-6-13(7-9-14)17-12-15(10-11-25-17)20-18-21-22-23-24(18)16-4-2-1-3-5-16/h1-9,15,17H,10-12H2,(H,20,21,23). The van der Waals surface area contributed by atoms with E-state index in [9.17, 15) is 4.39 Å². The summed E-state index contributed by atoms with van der Waals surface area (Å²) in [6.07, 6.45) is 1.57. The monoisotopic (exact) mass is 339 g/mol. The molecule has 2 heterocycles. The molecule has 0 aliphatic carbocycles. The van der Waals surface area contributed by atoms with E-state index in [0.29, 0.717) is 12.6 Å². The van der Waals surface area contributed by atoms with Crippen molar-refractivity contribution >= 4 is 5.95 Å². The molecule has 25 heavy (non-hydrogen) atoms. The Labute approximate surface area is 144 Å². The number of rotatable bonds is 4. The molecule has 1 aromatic heterocycles. The minimum Gasteiger partial charge on any atom is -0.373 e. The van der Waals surface area contributed by atoms with Crippen LogP contribution in [-0.2, 0) is 4.74 Å². The lowest BCUT2D eigenvalue weighted by Gasteiger charge is -2.30. The van der Waals surface area contributed by atoms with E-state index in [2.05, 4.69) is 20.8 Å². The predicted octanol–water partition coefficient (Wildman–Crippen LogP) is 3.13. The number of para-hydroxylation sites is 1. The summed E-state index contributed by atoms with van der Waals surface area (Å²) in [5.41, 5.74) is 1.88. The van der Waals surface area contributed by atoms with Crippen molar-refractivity contribution in [2.24, 2.45) is 0 Å². The largest absolute Gasteiger partial charge is 0.373 e. The highest BCUT2D eigenvalue weighted by Crippen LogP contribution is 2.29. The Morgan fingerprint density at radius 1 is 1.08 bits per heavy atom. The van der Waals surface area contributed by atoms with Crippen LogP contribution in [0.1, 0.15) is 24.5 Å². The third-order valence-corrected chi connectivity index (χ3v) is 4.33. The SMILES string of the molecule is Fc1ccc(C2CC(Nc3nnnn3-c3ccccc3)CCO2)cc1. The van der Waals surface area contributed by atoms with Crippen molar-refractivity contribution in [3.05, 3.63) is 66.0 Å². The number of nitrogens with one attached hydrogen (secondary N) is 1. The quantitative estimate of drug-likeness (QED) is 0.791. The molecule has 1 saturated heterocycles. The second-order valence-corrected chi connectivity index (χ2v) is 6.03. The van der Waals surface area contributed by atoms with Crippen LogP contribution in [0.4, 0.5) is 10.3 Å². The van der Waals surface area contributed by atoms with Crippen LogP contribution in [0.25, 0.3) is 5.69 Å². The topological polar surface area (TPSA) is 64.9 Å². The summed E-state index contributed by atoms with van der Waals surface area (Å²) >= 11 is 0. The van der Waals surface area contributed by atoms with Crippen LogP contribution < -0.4 is 5.32 Å². The Bertz CT molecular complexity index is 821. The Balaban J connectivity index is 1.48. The highest BCUT2D eigenvalue weighted by molar-refractivity contribution is 5.39. The van der Waals surface area contributed by atoms with E-state index in [1.165, 1.54) is 12.1 Å². The summed E-state index contributed by atoms with van der Waals surface area (Å²) in [7, 11) is 0. The van der Waals surface area contributed by atoms with Crippen molar-refractivity contribution < 1.29 is 9.13 Å². The lowest BCUT2D eigenvalue weighted by atomic mass is 9.97. The van der Waals surface area contributed by atoms with Crippen LogP contribution in [0.5, 0.6) is 0 Å². The molecule has 3 aromatic rings. The fraction of sp³-hybridized carbons (Fsp3) is 0.278. The summed E-state index contributed by atoms with van der Waals surface area (Å²) in [4.78, 5) is 0. The number of benzene rings is 2. The fourth-order valence-corrected chi connectivity index (χ4v) is 3.04. The molecule has 1 fully saturated rings. The van der Waals surface area contributed by atoms with Gasteiger partial charge in [-0.3, -0.25) is 0 Å². The zero-order valence-corrected chi connectivity index (χ0v) is 13.5. The van der Waals surface area contributed by atoms with Crippen molar-refractivity contribution in [1.29, 1.82) is 0 Å². The molecule has 0 spiro atoms. The zero-order valence-electron chi connectivity index (χ0n) is 13.5. The van der Waals surface area contributed by atoms with Gasteiger partial charge in [0.25, 0.3) is 0 Å². The molecule has 128 valence electrons. The highest BCUT2D eigenvalue weighted by atomic mass is 19.1. The molecule has 0 radical (unpaired) electrons. The Morgan fingerprint density at radius 3 is 2.68 bits per heavy atom. The average molecular weight is 339 g/mol. The molecule has 2 aromatic carbocycles. The highest BCUT2D eigenvalue weighted by Gasteiger charge is 2.25. The van der Waals surface area contributed by atoms with Gasteiger partial charge in [0, 0.05) is 12.6 Å². The van der Waals surface area contributed by atoms with E-state index < -0.39 is 0 Å². The molecule has 4 rings (SSSR count). The molecule has 0 saturated carbocycles. The molecule has 1 aliphatic rings. The molecule has 0 amide bonds. The Hall–Kier alpha value is -2.80. The summed E-state index contributed by atoms with van der Waals surface area (Å²) < 4.78 is 20.6. The molecule has 1 N–H and O–H groups in total. The summed E-state index contributed by atoms with van der Waals surface area (Å²) in [6.45, 7) is 0.632. The van der Waals surface area contributed by atoms with Gasteiger partial charge >= 0.3 is 0 Å². The smallest absolute Gasteiger partial charge is 0.247 e. The maximum Gasteiger partial charge on any atom is 0.247 e. The first-order chi connectivity index (χ1) is 12.3. The van der Waals surface area contributed by atoms with Crippen molar-refractivity contribution in [2.45, 2.75) is 25.0 Å². The minimum absolute atomic E-state index is 0.0621. The number of halogens is 1. The first-order valence-corrected chi connectivity index (χ1v) is 8.27. The lowest BCUT2D eigenvalue weighted by Crippen LogP contribution is -2.31. The summed E-state index contributed by atoms with van der Waals surface area (Å²) in [5.74, 6) is 0.368. The van der Waals surface area contributed by atoms with E-state index >= 15 is 0 Å². The van der Waals surface area contributed by atoms with Crippen molar-refractivity contribution in [2.75, 3.05) is 11.9 Å². The number of hydrogen-bond acceptors (Lipinski definition) is 5. The molecule has 0 bridgehead atoms. The van der Waals surface area contributed by atoms with Crippen LogP contribution in [0.3, 0.4) is 0 Å². The van der Waals surface area contributed by atoms with Crippen LogP contribution in [0, 0.1) is 5.82 Å². The van der Waals surface area contributed by atoms with Gasteiger partial charge in [0.1, 0.15) is 5.82 Å². The zero-order chi connectivity index (χ0) is 17.1. The van der Waals surface area contributed by atoms with Crippen LogP contribution in [0.2, 0.25) is 0 Å². The fourth-order valence-electron chi connectivity index (χ4n) is 3.04. The first kappa shape index (κ1) is 15.7. The molecule has 1 aliphatic heterocycles. The van der Waals surface area contributed by atoms with Crippen molar-refractivity contribution in [1.82, 2.24) is 20.2 Å². The maximum atomic E-state index is 13.1. The number of tetrazole rings is 1. The van der Waals surface area contributed by atoms with Crippen molar-refractivity contribution in [3.63, 3.8) is 0 Å². The number of aromatic nitrogens is 4. The van der Waals surface area contributed by atoms with Gasteiger partial charge in [-0.25, -0.2) is 4.39 Å². The van der Waals surface area contributed by atoms with Crippen molar-refractivity contribution in [3.8, 4) is 5.69 Å². The first-order valence-electron chi connectivity index (χ1n) is 8.27. The number of hydrogen-bond donors (Lipinski definition) is 1. The second kappa shape index (κ2) is 6.98. The number of ether oxygens (including phenoxy) is 1. The molecule has 2 atom stereocenters. The van der Waals surface area contributed by atoms with E-state index in [1.807, 2.05) is 30.3 Å². The van der Waals surface area contributed by atoms with Gasteiger partial charge in [0.15, 0.2) is 0 Å². The predicted molar refractivity (Wildman–Crippen MR) is 90.9 cm³/mol. The third kappa shape index (κ3) is 3.51. The van der Waals surface area contributed by atoms with Gasteiger partial charge in [-0.05, 0) is 53.1 Å². The van der Waals surface area contributed by atoms with E-state index in [4.69, 9.17) is 4.74 Å². The molecular formula is C18H18FN5O. The molecule has 6 nitrogen and oxygen atoms in total. The van der Waals surface area contributed by atoms with Gasteiger partial charge in [-0.15, -0.1) is 0 Å². The summed E-state index contributed by atoms with van der Waals surface area (Å²) in [6, 6.07) is 16.4. The van der Waals surface area contributed by atoms with Gasteiger partial charge in [0.2, 0.25) is 5.95 Å². The Morgan fingerprint density at radius 2 is 1.88 bits per heavy atom. The molecule has 2 unspecified atom stereocenters. The second-order valence-electron chi connectivity index (χ2n) is 6.03. The molecule has 7 heteroatoms. The minimum atomic E-state index is -0.240. The number of nitrogens with zero attached hydrogens (tertiary/aromatic N) is 4. The van der Waals surface area contributed by atoms with E-state index in [1.54, 1.807) is 16.8 Å². The van der Waals surface area contributed by atoms with Gasteiger partial charge in [0.05, 0.1) is 11.8 Å². The van der Waals surface area contributed by atoms with Crippen LogP contribution >= 0.6 is 0 Å². The van der Waals surface area contributed by atoms with Gasteiger partial charge in [-0.2, -0.15) is 4.68 Å². The molecular weight excluding hydrogens is 321 g/mol. The van der Waals surface area contributed by atoms with Gasteiger partial charge in [-0.1, -0.05) is 35.4 Å². The maximum absolute atomic E-state index is 13.1. The van der Waals surface area contributed by atoms with Gasteiger partial charge < -0.3 is 10.1 Å².